The van der Waals surface area contributed by atoms with Crippen LogP contribution in [0.5, 0.6) is 0 Å². The Labute approximate surface area is 132 Å². The van der Waals surface area contributed by atoms with Crippen molar-refractivity contribution in [1.82, 2.24) is 9.71 Å². The first-order valence-corrected chi connectivity index (χ1v) is 8.79. The highest BCUT2D eigenvalue weighted by atomic mass is 32.2. The van der Waals surface area contributed by atoms with Gasteiger partial charge in [0.1, 0.15) is 0 Å². The number of nitrogens with one attached hydrogen (secondary N) is 1. The second kappa shape index (κ2) is 7.65. The van der Waals surface area contributed by atoms with E-state index in [9.17, 15) is 18.0 Å². The van der Waals surface area contributed by atoms with E-state index in [4.69, 9.17) is 5.11 Å². The molecule has 0 radical (unpaired) electrons. The van der Waals surface area contributed by atoms with E-state index >= 15 is 0 Å². The molecule has 1 heterocycles. The highest BCUT2D eigenvalue weighted by Gasteiger charge is 2.28. The topological polar surface area (TPSA) is 123 Å². The fourth-order valence-electron chi connectivity index (χ4n) is 1.78. The molecule has 1 aromatic rings. The summed E-state index contributed by atoms with van der Waals surface area (Å²) in [5, 5.41) is 9.11. The summed E-state index contributed by atoms with van der Waals surface area (Å²) >= 11 is 0.764. The number of carboxylic acids is 1. The molecule has 1 unspecified atom stereocenters. The van der Waals surface area contributed by atoms with Crippen LogP contribution in [0.2, 0.25) is 0 Å². The van der Waals surface area contributed by atoms with E-state index in [2.05, 4.69) is 14.4 Å². The largest absolute Gasteiger partial charge is 0.481 e. The van der Waals surface area contributed by atoms with Crippen LogP contribution in [-0.4, -0.2) is 44.1 Å². The number of rotatable bonds is 8. The number of methoxy groups -OCH3 is 1. The quantitative estimate of drug-likeness (QED) is 0.669. The summed E-state index contributed by atoms with van der Waals surface area (Å²) in [5.41, 5.74) is 0.902. The van der Waals surface area contributed by atoms with Gasteiger partial charge < -0.3 is 9.84 Å². The minimum absolute atomic E-state index is 0.111. The van der Waals surface area contributed by atoms with Gasteiger partial charge in [0.15, 0.2) is 9.90 Å². The van der Waals surface area contributed by atoms with Crippen LogP contribution in [-0.2, 0) is 19.6 Å². The van der Waals surface area contributed by atoms with Crippen molar-refractivity contribution in [2.75, 3.05) is 13.7 Å². The molecule has 0 aromatic carbocycles. The zero-order valence-electron chi connectivity index (χ0n) is 12.4. The van der Waals surface area contributed by atoms with Crippen molar-refractivity contribution in [3.8, 4) is 0 Å². The lowest BCUT2D eigenvalue weighted by atomic mass is 9.98. The number of carboxylic acid groups (broad SMARTS) is 1. The highest BCUT2D eigenvalue weighted by Crippen LogP contribution is 2.21. The van der Waals surface area contributed by atoms with Crippen LogP contribution in [0.4, 0.5) is 0 Å². The molecule has 0 bridgehead atoms. The Kier molecular flexibility index (Phi) is 6.45. The monoisotopic (exact) mass is 350 g/mol. The molecule has 0 fully saturated rings. The number of nitrogens with zero attached hydrogens (tertiary/aromatic N) is 1. The van der Waals surface area contributed by atoms with E-state index in [-0.39, 0.29) is 22.4 Å². The average molecular weight is 350 g/mol. The molecule has 1 atom stereocenters. The molecular formula is C12H18N2O6S2. The summed E-state index contributed by atoms with van der Waals surface area (Å²) in [5.74, 6) is -2.67. The van der Waals surface area contributed by atoms with Crippen molar-refractivity contribution < 1.29 is 27.9 Å². The predicted molar refractivity (Wildman–Crippen MR) is 79.2 cm³/mol. The molecule has 1 aromatic heterocycles. The van der Waals surface area contributed by atoms with Gasteiger partial charge in [0, 0.05) is 6.54 Å². The van der Waals surface area contributed by atoms with E-state index < -0.39 is 27.9 Å². The molecular weight excluding hydrogens is 332 g/mol. The first-order chi connectivity index (χ1) is 10.2. The lowest BCUT2D eigenvalue weighted by Crippen LogP contribution is -2.34. The van der Waals surface area contributed by atoms with Gasteiger partial charge >= 0.3 is 11.9 Å². The van der Waals surface area contributed by atoms with E-state index in [0.29, 0.717) is 6.42 Å². The number of aliphatic carboxylic acids is 1. The van der Waals surface area contributed by atoms with Crippen LogP contribution >= 0.6 is 11.3 Å². The summed E-state index contributed by atoms with van der Waals surface area (Å²) in [7, 11) is -2.91. The number of aromatic nitrogens is 1. The van der Waals surface area contributed by atoms with Crippen molar-refractivity contribution in [3.05, 3.63) is 11.2 Å². The Morgan fingerprint density at radius 1 is 1.45 bits per heavy atom. The van der Waals surface area contributed by atoms with Crippen LogP contribution in [0.3, 0.4) is 0 Å². The summed E-state index contributed by atoms with van der Waals surface area (Å²) in [6, 6.07) is 0. The smallest absolute Gasteiger partial charge is 0.358 e. The van der Waals surface area contributed by atoms with Crippen molar-refractivity contribution in [3.63, 3.8) is 0 Å². The first kappa shape index (κ1) is 18.5. The summed E-state index contributed by atoms with van der Waals surface area (Å²) in [6.45, 7) is 3.44. The molecule has 124 valence electrons. The number of thiazole rings is 1. The van der Waals surface area contributed by atoms with Gasteiger partial charge in [0.2, 0.25) is 0 Å². The summed E-state index contributed by atoms with van der Waals surface area (Å²) < 4.78 is 30.8. The molecule has 10 heteroatoms. The Balaban J connectivity index is 2.90. The van der Waals surface area contributed by atoms with Gasteiger partial charge in [-0.3, -0.25) is 4.79 Å². The standard InChI is InChI=1S/C12H18N2O6S2/c1-7(2)4-8(10(15)16)5-14-22(18,19)12-9(11(17)20-3)13-6-21-12/h6-8,14H,4-5H2,1-3H3,(H,15,16). The van der Waals surface area contributed by atoms with E-state index in [1.807, 2.05) is 13.8 Å². The lowest BCUT2D eigenvalue weighted by Gasteiger charge is -2.15. The van der Waals surface area contributed by atoms with Crippen molar-refractivity contribution in [1.29, 1.82) is 0 Å². The van der Waals surface area contributed by atoms with Gasteiger partial charge in [0.25, 0.3) is 10.0 Å². The number of hydrogen-bond acceptors (Lipinski definition) is 7. The van der Waals surface area contributed by atoms with Gasteiger partial charge in [-0.05, 0) is 12.3 Å². The third-order valence-electron chi connectivity index (χ3n) is 2.78. The predicted octanol–water partition coefficient (Wildman–Crippen LogP) is 0.955. The van der Waals surface area contributed by atoms with Crippen LogP contribution < -0.4 is 4.72 Å². The van der Waals surface area contributed by atoms with Crippen LogP contribution in [0.25, 0.3) is 0 Å². The Morgan fingerprint density at radius 2 is 2.09 bits per heavy atom. The third-order valence-corrected chi connectivity index (χ3v) is 5.58. The van der Waals surface area contributed by atoms with Gasteiger partial charge in [-0.2, -0.15) is 0 Å². The Morgan fingerprint density at radius 3 is 2.59 bits per heavy atom. The lowest BCUT2D eigenvalue weighted by molar-refractivity contribution is -0.142. The Bertz CT molecular complexity index is 638. The van der Waals surface area contributed by atoms with Gasteiger partial charge in [-0.25, -0.2) is 22.9 Å². The minimum atomic E-state index is -4.03. The second-order valence-electron chi connectivity index (χ2n) is 5.00. The molecule has 0 aliphatic heterocycles. The molecule has 2 N–H and O–H groups in total. The van der Waals surface area contributed by atoms with E-state index in [1.54, 1.807) is 0 Å². The molecule has 1 rings (SSSR count). The van der Waals surface area contributed by atoms with Crippen molar-refractivity contribution >= 4 is 33.3 Å². The molecule has 0 saturated carbocycles. The maximum atomic E-state index is 12.2. The van der Waals surface area contributed by atoms with Gasteiger partial charge in [0.05, 0.1) is 18.5 Å². The minimum Gasteiger partial charge on any atom is -0.481 e. The van der Waals surface area contributed by atoms with Crippen LogP contribution in [0.1, 0.15) is 30.8 Å². The third kappa shape index (κ3) is 4.75. The van der Waals surface area contributed by atoms with Crippen LogP contribution in [0, 0.1) is 11.8 Å². The molecule has 0 aliphatic carbocycles. The molecule has 0 amide bonds. The number of esters is 1. The zero-order valence-corrected chi connectivity index (χ0v) is 14.0. The maximum absolute atomic E-state index is 12.2. The fourth-order valence-corrected chi connectivity index (χ4v) is 4.03. The SMILES string of the molecule is COC(=O)c1ncsc1S(=O)(=O)NCC(CC(C)C)C(=O)O. The highest BCUT2D eigenvalue weighted by molar-refractivity contribution is 7.91. The molecule has 0 aliphatic rings. The normalized spacial score (nSPS) is 13.1. The first-order valence-electron chi connectivity index (χ1n) is 6.43. The van der Waals surface area contributed by atoms with Crippen molar-refractivity contribution in [2.24, 2.45) is 11.8 Å². The van der Waals surface area contributed by atoms with Crippen LogP contribution in [0.15, 0.2) is 9.72 Å². The van der Waals surface area contributed by atoms with Gasteiger partial charge in [-0.15, -0.1) is 11.3 Å². The number of sulfonamides is 1. The van der Waals surface area contributed by atoms with E-state index in [1.165, 1.54) is 5.51 Å². The number of carbonyl (C=O) groups is 2. The van der Waals surface area contributed by atoms with E-state index in [0.717, 1.165) is 18.4 Å². The zero-order chi connectivity index (χ0) is 16.9. The number of ether oxygens (including phenoxy) is 1. The molecule has 0 spiro atoms. The maximum Gasteiger partial charge on any atom is 0.358 e. The average Bonchev–Trinajstić information content (AvgIpc) is 2.92. The van der Waals surface area contributed by atoms with Gasteiger partial charge in [-0.1, -0.05) is 13.8 Å². The number of carbonyl (C=O) groups excluding carboxylic acids is 1. The second-order valence-corrected chi connectivity index (χ2v) is 7.81. The molecule has 22 heavy (non-hydrogen) atoms. The summed E-state index contributed by atoms with van der Waals surface area (Å²) in [4.78, 5) is 26.3. The fraction of sp³-hybridized carbons (Fsp3) is 0.583. The molecule has 8 nitrogen and oxygen atoms in total. The summed E-state index contributed by atoms with van der Waals surface area (Å²) in [6.07, 6.45) is 0.338. The Hall–Kier alpha value is -1.52. The number of hydrogen-bond donors (Lipinski definition) is 2. The van der Waals surface area contributed by atoms with Crippen molar-refractivity contribution in [2.45, 2.75) is 24.5 Å². The molecule has 0 saturated heterocycles.